The van der Waals surface area contributed by atoms with E-state index in [9.17, 15) is 4.79 Å². The fraction of sp³-hybridized carbons (Fsp3) is 0.571. The minimum absolute atomic E-state index is 0. The van der Waals surface area contributed by atoms with Crippen molar-refractivity contribution in [2.45, 2.75) is 12.8 Å². The molecule has 11 heavy (non-hydrogen) atoms. The molecule has 0 aromatic heterocycles. The number of halogens is 1. The number of carboxylic acid groups (broad SMARTS) is 1. The van der Waals surface area contributed by atoms with Gasteiger partial charge in [-0.25, -0.2) is 4.79 Å². The maximum absolute atomic E-state index is 10.2. The molecule has 0 spiro atoms. The summed E-state index contributed by atoms with van der Waals surface area (Å²) in [5, 5.41) is 11.5. The van der Waals surface area contributed by atoms with Crippen LogP contribution in [-0.2, 0) is 4.79 Å². The lowest BCUT2D eigenvalue weighted by molar-refractivity contribution is -0.131. The van der Waals surface area contributed by atoms with Crippen LogP contribution in [0, 0.1) is 0 Å². The van der Waals surface area contributed by atoms with Crippen LogP contribution < -0.4 is 5.32 Å². The molecule has 1 saturated heterocycles. The van der Waals surface area contributed by atoms with Gasteiger partial charge in [-0.05, 0) is 25.0 Å². The minimum atomic E-state index is -0.835. The van der Waals surface area contributed by atoms with Crippen molar-refractivity contribution < 1.29 is 9.90 Å². The third-order valence-electron chi connectivity index (χ3n) is 1.53. The van der Waals surface area contributed by atoms with E-state index in [4.69, 9.17) is 5.11 Å². The maximum atomic E-state index is 10.2. The van der Waals surface area contributed by atoms with Crippen molar-refractivity contribution in [3.05, 3.63) is 11.6 Å². The Labute approximate surface area is 71.9 Å². The monoisotopic (exact) mass is 177 g/mol. The number of piperidine rings is 1. The molecule has 0 saturated carbocycles. The Morgan fingerprint density at radius 2 is 2.36 bits per heavy atom. The lowest BCUT2D eigenvalue weighted by atomic mass is 10.1. The molecule has 1 aliphatic heterocycles. The zero-order valence-electron chi connectivity index (χ0n) is 6.17. The van der Waals surface area contributed by atoms with Gasteiger partial charge in [-0.2, -0.15) is 0 Å². The number of nitrogens with one attached hydrogen (secondary N) is 1. The molecule has 0 bridgehead atoms. The Morgan fingerprint density at radius 1 is 1.64 bits per heavy atom. The van der Waals surface area contributed by atoms with Gasteiger partial charge in [0.2, 0.25) is 0 Å². The Morgan fingerprint density at radius 3 is 2.82 bits per heavy atom. The highest BCUT2D eigenvalue weighted by molar-refractivity contribution is 5.85. The van der Waals surface area contributed by atoms with Crippen molar-refractivity contribution in [1.82, 2.24) is 5.32 Å². The van der Waals surface area contributed by atoms with Gasteiger partial charge in [0, 0.05) is 12.6 Å². The number of hydrogen-bond donors (Lipinski definition) is 2. The summed E-state index contributed by atoms with van der Waals surface area (Å²) in [7, 11) is 0. The number of carboxylic acids is 1. The van der Waals surface area contributed by atoms with Crippen LogP contribution in [0.25, 0.3) is 0 Å². The van der Waals surface area contributed by atoms with Gasteiger partial charge >= 0.3 is 5.97 Å². The molecule has 0 atom stereocenters. The number of aliphatic carboxylic acids is 1. The summed E-state index contributed by atoms with van der Waals surface area (Å²) in [6.45, 7) is 1.75. The van der Waals surface area contributed by atoms with Gasteiger partial charge in [0.25, 0.3) is 0 Å². The molecule has 0 aromatic rings. The SMILES string of the molecule is Cl.O=C(O)C=C1CCCNC1. The standard InChI is InChI=1S/C7H11NO2.ClH/c9-7(10)4-6-2-1-3-8-5-6;/h4,8H,1-3,5H2,(H,9,10);1H. The molecule has 0 radical (unpaired) electrons. The van der Waals surface area contributed by atoms with Crippen molar-refractivity contribution in [2.75, 3.05) is 13.1 Å². The number of carbonyl (C=O) groups is 1. The molecule has 0 unspecified atom stereocenters. The molecule has 3 nitrogen and oxygen atoms in total. The van der Waals surface area contributed by atoms with Crippen molar-refractivity contribution in [1.29, 1.82) is 0 Å². The molecule has 0 aliphatic carbocycles. The predicted molar refractivity (Wildman–Crippen MR) is 45.1 cm³/mol. The quantitative estimate of drug-likeness (QED) is 0.583. The molecule has 1 aliphatic rings. The van der Waals surface area contributed by atoms with Gasteiger partial charge in [0.05, 0.1) is 0 Å². The zero-order chi connectivity index (χ0) is 7.40. The third-order valence-corrected chi connectivity index (χ3v) is 1.53. The average Bonchev–Trinajstić information content (AvgIpc) is 1.88. The maximum Gasteiger partial charge on any atom is 0.328 e. The van der Waals surface area contributed by atoms with E-state index < -0.39 is 5.97 Å². The zero-order valence-corrected chi connectivity index (χ0v) is 6.99. The van der Waals surface area contributed by atoms with Gasteiger partial charge in [-0.3, -0.25) is 0 Å². The molecular weight excluding hydrogens is 166 g/mol. The lowest BCUT2D eigenvalue weighted by Crippen LogP contribution is -2.24. The first-order valence-electron chi connectivity index (χ1n) is 3.42. The lowest BCUT2D eigenvalue weighted by Gasteiger charge is -2.13. The van der Waals surface area contributed by atoms with Crippen LogP contribution in [-0.4, -0.2) is 24.2 Å². The van der Waals surface area contributed by atoms with E-state index in [-0.39, 0.29) is 12.4 Å². The summed E-state index contributed by atoms with van der Waals surface area (Å²) in [4.78, 5) is 10.2. The smallest absolute Gasteiger partial charge is 0.328 e. The van der Waals surface area contributed by atoms with E-state index in [0.717, 1.165) is 31.5 Å². The fourth-order valence-electron chi connectivity index (χ4n) is 1.08. The Bertz CT molecular complexity index is 160. The van der Waals surface area contributed by atoms with E-state index in [0.29, 0.717) is 0 Å². The molecule has 64 valence electrons. The van der Waals surface area contributed by atoms with Crippen LogP contribution in [0.5, 0.6) is 0 Å². The van der Waals surface area contributed by atoms with E-state index in [1.54, 1.807) is 0 Å². The highest BCUT2D eigenvalue weighted by Crippen LogP contribution is 2.07. The first kappa shape index (κ1) is 10.5. The van der Waals surface area contributed by atoms with Crippen molar-refractivity contribution in [2.24, 2.45) is 0 Å². The van der Waals surface area contributed by atoms with Gasteiger partial charge in [0.1, 0.15) is 0 Å². The van der Waals surface area contributed by atoms with E-state index in [1.165, 1.54) is 6.08 Å². The van der Waals surface area contributed by atoms with Crippen LogP contribution in [0.3, 0.4) is 0 Å². The second-order valence-electron chi connectivity index (χ2n) is 2.42. The molecule has 1 heterocycles. The molecule has 0 amide bonds. The largest absolute Gasteiger partial charge is 0.478 e. The highest BCUT2D eigenvalue weighted by Gasteiger charge is 2.04. The number of hydrogen-bond acceptors (Lipinski definition) is 2. The second kappa shape index (κ2) is 5.16. The molecule has 1 fully saturated rings. The normalized spacial score (nSPS) is 20.9. The van der Waals surface area contributed by atoms with Crippen LogP contribution in [0.1, 0.15) is 12.8 Å². The Balaban J connectivity index is 0.000001000. The second-order valence-corrected chi connectivity index (χ2v) is 2.42. The highest BCUT2D eigenvalue weighted by atomic mass is 35.5. The summed E-state index contributed by atoms with van der Waals surface area (Å²) in [5.74, 6) is -0.835. The third kappa shape index (κ3) is 4.01. The van der Waals surface area contributed by atoms with Crippen LogP contribution in [0.15, 0.2) is 11.6 Å². The van der Waals surface area contributed by atoms with Gasteiger partial charge in [0.15, 0.2) is 0 Å². The van der Waals surface area contributed by atoms with E-state index in [1.807, 2.05) is 0 Å². The first-order chi connectivity index (χ1) is 4.79. The van der Waals surface area contributed by atoms with Gasteiger partial charge in [-0.15, -0.1) is 12.4 Å². The molecule has 4 heteroatoms. The van der Waals surface area contributed by atoms with Crippen LogP contribution >= 0.6 is 12.4 Å². The van der Waals surface area contributed by atoms with Crippen LogP contribution in [0.2, 0.25) is 0 Å². The van der Waals surface area contributed by atoms with Crippen molar-refractivity contribution >= 4 is 18.4 Å². The molecule has 1 rings (SSSR count). The Hall–Kier alpha value is -0.540. The van der Waals surface area contributed by atoms with Gasteiger partial charge in [-0.1, -0.05) is 0 Å². The molecular formula is C7H12ClNO2. The number of rotatable bonds is 1. The average molecular weight is 178 g/mol. The minimum Gasteiger partial charge on any atom is -0.478 e. The molecule has 0 aromatic carbocycles. The summed E-state index contributed by atoms with van der Waals surface area (Å²) in [6, 6.07) is 0. The van der Waals surface area contributed by atoms with Crippen molar-refractivity contribution in [3.8, 4) is 0 Å². The summed E-state index contributed by atoms with van der Waals surface area (Å²) < 4.78 is 0. The fourth-order valence-corrected chi connectivity index (χ4v) is 1.08. The summed E-state index contributed by atoms with van der Waals surface area (Å²) in [5.41, 5.74) is 0.999. The Kier molecular flexibility index (Phi) is 4.90. The topological polar surface area (TPSA) is 49.3 Å². The predicted octanol–water partition coefficient (Wildman–Crippen LogP) is 0.803. The summed E-state index contributed by atoms with van der Waals surface area (Å²) in [6.07, 6.45) is 3.28. The van der Waals surface area contributed by atoms with E-state index in [2.05, 4.69) is 5.32 Å². The van der Waals surface area contributed by atoms with E-state index >= 15 is 0 Å². The molecule has 2 N–H and O–H groups in total. The summed E-state index contributed by atoms with van der Waals surface area (Å²) >= 11 is 0. The first-order valence-corrected chi connectivity index (χ1v) is 3.42. The van der Waals surface area contributed by atoms with Crippen molar-refractivity contribution in [3.63, 3.8) is 0 Å². The van der Waals surface area contributed by atoms with Gasteiger partial charge < -0.3 is 10.4 Å². The van der Waals surface area contributed by atoms with Crippen LogP contribution in [0.4, 0.5) is 0 Å².